The molecule has 0 bridgehead atoms. The molecule has 0 amide bonds. The second-order valence-corrected chi connectivity index (χ2v) is 55.4. The number of fused-ring (bicyclic) bond motifs is 8. The monoisotopic (exact) mass is 1950 g/mol. The molecular weight excluding hydrogens is 1820 g/mol. The van der Waals surface area contributed by atoms with Crippen molar-refractivity contribution in [2.75, 3.05) is 0 Å². The molecule has 24 rings (SSSR count). The first-order valence-electron chi connectivity index (χ1n) is 52.7. The van der Waals surface area contributed by atoms with Crippen LogP contribution in [0, 0.1) is 0 Å². The van der Waals surface area contributed by atoms with Crippen molar-refractivity contribution in [1.29, 1.82) is 0 Å². The molecule has 16 aromatic carbocycles. The summed E-state index contributed by atoms with van der Waals surface area (Å²) in [5.74, 6) is 1.08. The molecule has 8 aliphatic rings. The first-order valence-corrected chi connectivity index (χ1v) is 61.3. The molecule has 0 nitrogen and oxygen atoms in total. The number of benzene rings is 16. The van der Waals surface area contributed by atoms with Gasteiger partial charge in [-0.05, 0) is 291 Å². The van der Waals surface area contributed by atoms with Crippen LogP contribution in [0.3, 0.4) is 0 Å². The smallest absolute Gasteiger partial charge is 0.0175 e. The van der Waals surface area contributed by atoms with Crippen molar-refractivity contribution < 1.29 is 17.1 Å². The summed E-state index contributed by atoms with van der Waals surface area (Å²) in [4.78, 5) is 0. The van der Waals surface area contributed by atoms with E-state index in [-0.39, 0.29) is 48.8 Å². The van der Waals surface area contributed by atoms with E-state index in [0.717, 1.165) is 45.3 Å². The zero-order chi connectivity index (χ0) is 91.7. The van der Waals surface area contributed by atoms with Crippen LogP contribution in [0.5, 0.6) is 0 Å². The molecule has 0 radical (unpaired) electrons. The summed E-state index contributed by atoms with van der Waals surface area (Å²) >= 11 is 0. The van der Waals surface area contributed by atoms with Gasteiger partial charge in [-0.3, -0.25) is 0 Å². The Morgan fingerprint density at radius 3 is 0.739 bits per heavy atom. The second kappa shape index (κ2) is 47.8. The van der Waals surface area contributed by atoms with Crippen LogP contribution < -0.4 is 53.0 Å². The fraction of sp³-hybridized carbons (Fsp3) is 0.298. The van der Waals surface area contributed by atoms with Gasteiger partial charge in [0.15, 0.2) is 0 Å². The van der Waals surface area contributed by atoms with Gasteiger partial charge < -0.3 is 0 Å². The fourth-order valence-corrected chi connectivity index (χ4v) is 47.0. The maximum atomic E-state index is 2.63. The normalized spacial score (nSPS) is 17.1. The molecule has 2 unspecified atom stereocenters. The average molecular weight is 1950 g/mol. The van der Waals surface area contributed by atoms with Gasteiger partial charge in [0.05, 0.1) is 0 Å². The van der Waals surface area contributed by atoms with E-state index in [4.69, 9.17) is 0 Å². The van der Waals surface area contributed by atoms with Crippen molar-refractivity contribution in [3.8, 4) is 33.4 Å². The van der Waals surface area contributed by atoms with E-state index in [2.05, 4.69) is 413 Å². The maximum absolute atomic E-state index is 2.63. The molecule has 0 aliphatic heterocycles. The quantitative estimate of drug-likeness (QED) is 0.0442. The molecule has 698 valence electrons. The first-order chi connectivity index (χ1) is 68.1. The van der Waals surface area contributed by atoms with Gasteiger partial charge in [-0.25, -0.2) is 0 Å². The number of hydrogen-bond acceptors (Lipinski definition) is 0. The topological polar surface area (TPSA) is 0 Å². The molecule has 6 fully saturated rings. The van der Waals surface area contributed by atoms with Crippen molar-refractivity contribution in [2.45, 2.75) is 243 Å². The minimum absolute atomic E-state index is 0. The van der Waals surface area contributed by atoms with Crippen molar-refractivity contribution in [3.05, 3.63) is 435 Å². The number of hydrogen-bond donors (Lipinski definition) is 0. The summed E-state index contributed by atoms with van der Waals surface area (Å²) in [5.41, 5.74) is 22.9. The van der Waals surface area contributed by atoms with Crippen LogP contribution in [-0.4, -0.2) is 45.3 Å². The Kier molecular flexibility index (Phi) is 33.5. The molecular formula is C131H136FeP6. The molecule has 16 aromatic rings. The van der Waals surface area contributed by atoms with Crippen LogP contribution in [0.25, 0.3) is 54.9 Å². The maximum Gasteiger partial charge on any atom is 0.0175 e. The molecule has 6 saturated carbocycles. The predicted molar refractivity (Wildman–Crippen MR) is 608 cm³/mol. The third-order valence-electron chi connectivity index (χ3n) is 31.9. The van der Waals surface area contributed by atoms with Crippen LogP contribution in [0.1, 0.15) is 220 Å². The Morgan fingerprint density at radius 2 is 0.435 bits per heavy atom. The van der Waals surface area contributed by atoms with Gasteiger partial charge in [0.2, 0.25) is 0 Å². The van der Waals surface area contributed by atoms with E-state index >= 15 is 0 Å². The third kappa shape index (κ3) is 21.7. The van der Waals surface area contributed by atoms with Crippen LogP contribution in [-0.2, 0) is 17.1 Å². The molecule has 0 saturated heterocycles. The Bertz CT molecular complexity index is 5960. The summed E-state index contributed by atoms with van der Waals surface area (Å²) < 4.78 is 0. The van der Waals surface area contributed by atoms with Crippen LogP contribution in [0.15, 0.2) is 413 Å². The standard InChI is InChI=1S/C53H66P2.C44H32P2.2C17H19P.Fe/c1-5-21-38(22-6-1)54(39-23-7-2-8-24-39)51(37-50-46-33-15-13-29-42(46)43-30-14-16-34-47(43)50)53(55(40-25-9-3-10-26-40)41-27-11-4-12-28-41)52-48-35-19-17-31-44(48)45-32-18-20-36-49(45)52;1-5-19-35(20-6-1)45(36-21-7-2-8-22-36)41-31-29-33-17-13-15-27-39(33)43(41)44-40-28-16-14-18-34(40)30-32-42(44)46(37-23-9-3-10-24-37)38-25-11-4-12-26-38;2*1-3-9-15(10-4-1)18(17-13-7-8-14-17)16-11-5-2-6-12-16;/h13-20,29-36,38-41,50-53H,1-12,21-28,37H2;1-32H;2*1-6,9-12,17H,7-8,13-14H2;. The molecule has 0 spiro atoms. The molecule has 8 aliphatic carbocycles. The predicted octanol–water partition coefficient (Wildman–Crippen LogP) is 33.3. The average Bonchev–Trinajstić information content (AvgIpc) is 1.34. The van der Waals surface area contributed by atoms with E-state index in [1.165, 1.54) is 262 Å². The minimum atomic E-state index is -0.852. The molecule has 138 heavy (non-hydrogen) atoms. The Morgan fingerprint density at radius 1 is 0.203 bits per heavy atom. The summed E-state index contributed by atoms with van der Waals surface area (Å²) in [5, 5.41) is 19.5. The molecule has 0 heterocycles. The van der Waals surface area contributed by atoms with Crippen molar-refractivity contribution >= 4 is 122 Å². The zero-order valence-corrected chi connectivity index (χ0v) is 87.0. The Balaban J connectivity index is 0.000000126. The van der Waals surface area contributed by atoms with E-state index < -0.39 is 15.8 Å². The SMILES string of the molecule is [Fe].c1ccc(P(c2ccccc2)C2CCCC2)cc1.c1ccc(P(c2ccccc2)C2CCCC2)cc1.c1ccc(P(c2ccccc2)c2ccc3ccccc3c2-c2c(P(c3ccccc3)c3ccccc3)ccc3ccccc23)cc1.c1ccc2c(c1)-c1ccccc1C2CC(C(C1c2ccccc2-c2ccccc21)P(C1CCCCC1)C1CCCCC1)P(C1CCCCC1)C1CCCCC1. The first kappa shape index (κ1) is 96.6. The summed E-state index contributed by atoms with van der Waals surface area (Å²) in [6.07, 6.45) is 42.6. The number of rotatable bonds is 23. The van der Waals surface area contributed by atoms with Gasteiger partial charge >= 0.3 is 0 Å². The van der Waals surface area contributed by atoms with Gasteiger partial charge in [0.1, 0.15) is 0 Å². The third-order valence-corrected chi connectivity index (χ3v) is 51.1. The molecule has 2 atom stereocenters. The van der Waals surface area contributed by atoms with Crippen LogP contribution in [0.4, 0.5) is 0 Å². The van der Waals surface area contributed by atoms with E-state index in [9.17, 15) is 0 Å². The summed E-state index contributed by atoms with van der Waals surface area (Å²) in [6.45, 7) is 0. The van der Waals surface area contributed by atoms with Crippen molar-refractivity contribution in [1.82, 2.24) is 0 Å². The largest absolute Gasteiger partial charge is 0.0964 e. The fourth-order valence-electron chi connectivity index (χ4n) is 25.9. The Labute approximate surface area is 843 Å². The van der Waals surface area contributed by atoms with E-state index in [0.29, 0.717) is 11.8 Å². The van der Waals surface area contributed by atoms with Crippen molar-refractivity contribution in [3.63, 3.8) is 0 Å². The summed E-state index contributed by atoms with van der Waals surface area (Å²) in [7, 11) is -2.33. The molecule has 0 aromatic heterocycles. The summed E-state index contributed by atoms with van der Waals surface area (Å²) in [6, 6.07) is 156. The zero-order valence-electron chi connectivity index (χ0n) is 80.6. The van der Waals surface area contributed by atoms with Gasteiger partial charge in [0, 0.05) is 28.9 Å². The van der Waals surface area contributed by atoms with Gasteiger partial charge in [0.25, 0.3) is 0 Å². The van der Waals surface area contributed by atoms with Gasteiger partial charge in [-0.2, -0.15) is 0 Å². The Hall–Kier alpha value is -8.86. The molecule has 7 heteroatoms. The van der Waals surface area contributed by atoms with Gasteiger partial charge in [-0.1, -0.05) is 531 Å². The van der Waals surface area contributed by atoms with Crippen molar-refractivity contribution in [2.24, 2.45) is 0 Å². The van der Waals surface area contributed by atoms with E-state index in [1.54, 1.807) is 54.6 Å². The molecule has 0 N–H and O–H groups in total. The second-order valence-electron chi connectivity index (χ2n) is 40.1. The van der Waals surface area contributed by atoms with Gasteiger partial charge in [-0.15, -0.1) is 0 Å². The van der Waals surface area contributed by atoms with Crippen LogP contribution in [0.2, 0.25) is 0 Å². The van der Waals surface area contributed by atoms with Crippen LogP contribution >= 0.6 is 47.5 Å². The minimum Gasteiger partial charge on any atom is -0.0964 e. The van der Waals surface area contributed by atoms with E-state index in [1.807, 2.05) is 0 Å².